The fraction of sp³-hybridized carbons (Fsp3) is 0.0667. The molecule has 0 aliphatic heterocycles. The highest BCUT2D eigenvalue weighted by molar-refractivity contribution is 7.24. The van der Waals surface area contributed by atoms with Crippen LogP contribution in [0.4, 0.5) is 0 Å². The third-order valence-electron chi connectivity index (χ3n) is 6.25. The lowest BCUT2D eigenvalue weighted by Gasteiger charge is -2.06. The van der Waals surface area contributed by atoms with E-state index >= 15 is 0 Å². The first-order valence-electron chi connectivity index (χ1n) is 11.6. The largest absolute Gasteiger partial charge is 0.253 e. The van der Waals surface area contributed by atoms with E-state index < -0.39 is 0 Å². The summed E-state index contributed by atoms with van der Waals surface area (Å²) in [5.74, 6) is 0. The lowest BCUT2D eigenvalue weighted by atomic mass is 10.1. The van der Waals surface area contributed by atoms with Crippen LogP contribution >= 0.6 is 45.3 Å². The Balaban J connectivity index is 1.23. The Morgan fingerprint density at radius 3 is 1.25 bits per heavy atom. The second-order valence-electron chi connectivity index (χ2n) is 8.81. The van der Waals surface area contributed by atoms with Gasteiger partial charge >= 0.3 is 0 Å². The maximum atomic E-state index is 4.87. The van der Waals surface area contributed by atoms with Crippen LogP contribution in [-0.2, 0) is 0 Å². The van der Waals surface area contributed by atoms with Crippen LogP contribution in [0.15, 0.2) is 85.2 Å². The summed E-state index contributed by atoms with van der Waals surface area (Å²) in [6.45, 7) is 4.31. The number of hydrogen-bond donors (Lipinski definition) is 0. The van der Waals surface area contributed by atoms with Crippen molar-refractivity contribution >= 4 is 67.2 Å². The van der Waals surface area contributed by atoms with Crippen LogP contribution in [-0.4, -0.2) is 9.97 Å². The number of pyridine rings is 2. The summed E-state index contributed by atoms with van der Waals surface area (Å²) >= 11 is 7.33. The number of rotatable bonds is 4. The number of hydrogen-bond acceptors (Lipinski definition) is 6. The number of aromatic nitrogens is 2. The minimum Gasteiger partial charge on any atom is -0.253 e. The van der Waals surface area contributed by atoms with Crippen molar-refractivity contribution in [1.29, 1.82) is 0 Å². The minimum atomic E-state index is 0.953. The summed E-state index contributed by atoms with van der Waals surface area (Å²) in [6, 6.07) is 26.4. The average molecular weight is 537 g/mol. The Labute approximate surface area is 225 Å². The zero-order valence-electron chi connectivity index (χ0n) is 19.6. The van der Waals surface area contributed by atoms with Gasteiger partial charge in [0.25, 0.3) is 0 Å². The monoisotopic (exact) mass is 536 g/mol. The fourth-order valence-electron chi connectivity index (χ4n) is 4.45. The smallest absolute Gasteiger partial charge is 0.0965 e. The lowest BCUT2D eigenvalue weighted by Crippen LogP contribution is -1.87. The molecule has 6 heterocycles. The third kappa shape index (κ3) is 3.91. The highest BCUT2D eigenvalue weighted by Gasteiger charge is 2.12. The van der Waals surface area contributed by atoms with Crippen molar-refractivity contribution in [3.63, 3.8) is 0 Å². The van der Waals surface area contributed by atoms with Crippen LogP contribution in [0.1, 0.15) is 9.75 Å². The van der Waals surface area contributed by atoms with Gasteiger partial charge in [0.05, 0.1) is 11.0 Å². The van der Waals surface area contributed by atoms with Crippen molar-refractivity contribution in [3.8, 4) is 40.4 Å². The summed E-state index contributed by atoms with van der Waals surface area (Å²) < 4.78 is 0. The molecule has 0 saturated carbocycles. The van der Waals surface area contributed by atoms with E-state index in [2.05, 4.69) is 86.6 Å². The number of fused-ring (bicyclic) bond motifs is 3. The van der Waals surface area contributed by atoms with Crippen molar-refractivity contribution in [2.45, 2.75) is 13.8 Å². The molecule has 2 nitrogen and oxygen atoms in total. The summed E-state index contributed by atoms with van der Waals surface area (Å²) in [5.41, 5.74) is 4.21. The number of nitrogens with zero attached hydrogens (tertiary/aromatic N) is 2. The molecule has 6 heteroatoms. The molecule has 0 bridgehead atoms. The van der Waals surface area contributed by atoms with Gasteiger partial charge in [-0.1, -0.05) is 12.1 Å². The zero-order chi connectivity index (χ0) is 24.2. The molecule has 174 valence electrons. The molecule has 0 aliphatic rings. The third-order valence-corrected chi connectivity index (χ3v) is 10.9. The zero-order valence-corrected chi connectivity index (χ0v) is 22.9. The van der Waals surface area contributed by atoms with Crippen LogP contribution < -0.4 is 0 Å². The van der Waals surface area contributed by atoms with Crippen molar-refractivity contribution in [2.75, 3.05) is 0 Å². The fourth-order valence-corrected chi connectivity index (χ4v) is 8.34. The van der Waals surface area contributed by atoms with E-state index in [9.17, 15) is 0 Å². The first-order valence-corrected chi connectivity index (χ1v) is 14.9. The Morgan fingerprint density at radius 1 is 0.444 bits per heavy atom. The Hall–Kier alpha value is -3.16. The number of aryl methyl sites for hydroxylation is 2. The van der Waals surface area contributed by atoms with Gasteiger partial charge in [-0.3, -0.25) is 9.97 Å². The Bertz CT molecular complexity index is 1740. The topological polar surface area (TPSA) is 25.8 Å². The van der Waals surface area contributed by atoms with E-state index in [0.717, 1.165) is 32.9 Å². The van der Waals surface area contributed by atoms with Gasteiger partial charge in [-0.05, 0) is 74.5 Å². The van der Waals surface area contributed by atoms with E-state index in [0.29, 0.717) is 0 Å². The van der Waals surface area contributed by atoms with E-state index in [1.165, 1.54) is 39.0 Å². The molecular weight excluding hydrogens is 517 g/mol. The molecule has 0 aliphatic carbocycles. The molecule has 7 rings (SSSR count). The summed E-state index contributed by atoms with van der Waals surface area (Å²) in [5, 5.41) is 2.24. The van der Waals surface area contributed by atoms with Crippen molar-refractivity contribution < 1.29 is 0 Å². The van der Waals surface area contributed by atoms with Crippen LogP contribution in [0.5, 0.6) is 0 Å². The summed E-state index contributed by atoms with van der Waals surface area (Å²) in [6.07, 6.45) is 3.97. The highest BCUT2D eigenvalue weighted by atomic mass is 32.1. The second-order valence-corrected chi connectivity index (χ2v) is 13.5. The predicted octanol–water partition coefficient (Wildman–Crippen LogP) is 10.3. The molecule has 36 heavy (non-hydrogen) atoms. The molecule has 1 aromatic carbocycles. The van der Waals surface area contributed by atoms with E-state index in [1.54, 1.807) is 0 Å². The highest BCUT2D eigenvalue weighted by Crippen LogP contribution is 2.40. The summed E-state index contributed by atoms with van der Waals surface area (Å²) in [4.78, 5) is 20.2. The predicted molar refractivity (Wildman–Crippen MR) is 160 cm³/mol. The SMILES string of the molecule is Cc1ccc(-c2ccc(-c3cnc4c(ccc5cc(-c6ccc(-c7ccc(C)s7)s6)cnc54)c3)s2)s1. The molecule has 0 spiro atoms. The summed E-state index contributed by atoms with van der Waals surface area (Å²) in [7, 11) is 0. The molecule has 0 atom stereocenters. The lowest BCUT2D eigenvalue weighted by molar-refractivity contribution is 1.38. The van der Waals surface area contributed by atoms with Gasteiger partial charge in [0.2, 0.25) is 0 Å². The minimum absolute atomic E-state index is 0.953. The average Bonchev–Trinajstić information content (AvgIpc) is 3.70. The van der Waals surface area contributed by atoms with Gasteiger partial charge in [0, 0.05) is 73.3 Å². The molecule has 0 fully saturated rings. The van der Waals surface area contributed by atoms with Gasteiger partial charge in [0.15, 0.2) is 0 Å². The van der Waals surface area contributed by atoms with E-state index in [-0.39, 0.29) is 0 Å². The van der Waals surface area contributed by atoms with Crippen LogP contribution in [0.25, 0.3) is 62.2 Å². The molecule has 0 saturated heterocycles. The molecule has 0 amide bonds. The van der Waals surface area contributed by atoms with E-state index in [1.807, 2.05) is 57.7 Å². The Kier molecular flexibility index (Phi) is 5.36. The molecule has 0 unspecified atom stereocenters. The Morgan fingerprint density at radius 2 is 0.833 bits per heavy atom. The van der Waals surface area contributed by atoms with Crippen molar-refractivity contribution in [1.82, 2.24) is 9.97 Å². The number of thiophene rings is 4. The molecule has 0 N–H and O–H groups in total. The normalized spacial score (nSPS) is 11.6. The van der Waals surface area contributed by atoms with E-state index in [4.69, 9.17) is 9.97 Å². The molecular formula is C30H20N2S4. The van der Waals surface area contributed by atoms with Gasteiger partial charge < -0.3 is 0 Å². The molecule has 7 aromatic rings. The van der Waals surface area contributed by atoms with Gasteiger partial charge in [-0.25, -0.2) is 0 Å². The van der Waals surface area contributed by atoms with Crippen molar-refractivity contribution in [2.24, 2.45) is 0 Å². The van der Waals surface area contributed by atoms with Gasteiger partial charge in [0.1, 0.15) is 0 Å². The van der Waals surface area contributed by atoms with Crippen molar-refractivity contribution in [3.05, 3.63) is 94.9 Å². The quantitative estimate of drug-likeness (QED) is 0.209. The van der Waals surface area contributed by atoms with Crippen LogP contribution in [0.3, 0.4) is 0 Å². The van der Waals surface area contributed by atoms with Crippen LogP contribution in [0.2, 0.25) is 0 Å². The maximum Gasteiger partial charge on any atom is 0.0965 e. The van der Waals surface area contributed by atoms with Crippen LogP contribution in [0, 0.1) is 13.8 Å². The first-order chi connectivity index (χ1) is 17.6. The van der Waals surface area contributed by atoms with Gasteiger partial charge in [-0.2, -0.15) is 0 Å². The molecule has 6 aromatic heterocycles. The van der Waals surface area contributed by atoms with Gasteiger partial charge in [-0.15, -0.1) is 45.3 Å². The maximum absolute atomic E-state index is 4.87. The number of benzene rings is 1. The standard InChI is InChI=1S/C30H20N2S4/c1-17-3-7-25(33-17)27-11-9-23(35-27)21-13-19-5-6-20-14-22(16-32-30(20)29(19)31-15-21)24-10-12-28(36-24)26-8-4-18(2)34-26/h3-16H,1-2H3. The second kappa shape index (κ2) is 8.75. The first kappa shape index (κ1) is 22.1. The molecule has 0 radical (unpaired) electrons.